The minimum Gasteiger partial charge on any atom is -0.356 e. The Bertz CT molecular complexity index is 1030. The molecule has 148 valence electrons. The van der Waals surface area contributed by atoms with Crippen molar-refractivity contribution in [2.24, 2.45) is 5.92 Å². The van der Waals surface area contributed by atoms with Gasteiger partial charge in [0, 0.05) is 32.4 Å². The quantitative estimate of drug-likeness (QED) is 0.746. The van der Waals surface area contributed by atoms with E-state index in [1.54, 1.807) is 0 Å². The molecule has 11 heteroatoms. The Hall–Kier alpha value is -1.72. The Balaban J connectivity index is 1.36. The predicted molar refractivity (Wildman–Crippen MR) is 103 cm³/mol. The van der Waals surface area contributed by atoms with Crippen molar-refractivity contribution in [3.05, 3.63) is 18.6 Å². The maximum Gasteiger partial charge on any atom is 0.214 e. The van der Waals surface area contributed by atoms with Crippen LogP contribution in [-0.4, -0.2) is 79.5 Å². The van der Waals surface area contributed by atoms with E-state index in [1.807, 2.05) is 19.3 Å². The van der Waals surface area contributed by atoms with Crippen LogP contribution in [0.2, 0.25) is 0 Å². The molecule has 9 nitrogen and oxygen atoms in total. The van der Waals surface area contributed by atoms with Crippen molar-refractivity contribution in [3.8, 4) is 0 Å². The summed E-state index contributed by atoms with van der Waals surface area (Å²) in [5.74, 6) is 0.852. The molecule has 27 heavy (non-hydrogen) atoms. The molecule has 0 bridgehead atoms. The fourth-order valence-corrected chi connectivity index (χ4v) is 7.09. The molecule has 1 aliphatic carbocycles. The van der Waals surface area contributed by atoms with Crippen molar-refractivity contribution in [3.63, 3.8) is 0 Å². The first kappa shape index (κ1) is 18.6. The number of nitrogens with one attached hydrogen (secondary N) is 1. The first-order valence-electron chi connectivity index (χ1n) is 8.94. The molecule has 1 saturated carbocycles. The SMILES string of the molecule is CN(c1ncnc2[nH]ccc12)C1CC(CS(=O)(=O)N2CCS(=O)(=O)CC2)C1. The molecular formula is C16H23N5O4S2. The summed E-state index contributed by atoms with van der Waals surface area (Å²) in [6.45, 7) is 0.153. The number of rotatable bonds is 5. The molecule has 1 aliphatic heterocycles. The molecule has 0 radical (unpaired) electrons. The van der Waals surface area contributed by atoms with Gasteiger partial charge in [0.15, 0.2) is 9.84 Å². The Morgan fingerprint density at radius 3 is 2.67 bits per heavy atom. The Kier molecular flexibility index (Phi) is 4.63. The highest BCUT2D eigenvalue weighted by molar-refractivity contribution is 7.92. The lowest BCUT2D eigenvalue weighted by Gasteiger charge is -2.42. The van der Waals surface area contributed by atoms with Crippen LogP contribution < -0.4 is 4.90 Å². The summed E-state index contributed by atoms with van der Waals surface area (Å²) in [5.41, 5.74) is 0.783. The second-order valence-corrected chi connectivity index (χ2v) is 11.7. The third kappa shape index (κ3) is 3.67. The maximum atomic E-state index is 12.6. The van der Waals surface area contributed by atoms with Gasteiger partial charge in [-0.15, -0.1) is 0 Å². The highest BCUT2D eigenvalue weighted by Gasteiger charge is 2.38. The molecule has 0 atom stereocenters. The number of hydrogen-bond donors (Lipinski definition) is 1. The highest BCUT2D eigenvalue weighted by atomic mass is 32.2. The molecule has 2 aromatic heterocycles. The molecule has 0 spiro atoms. The summed E-state index contributed by atoms with van der Waals surface area (Å²) in [6.07, 6.45) is 4.90. The van der Waals surface area contributed by atoms with E-state index in [0.717, 1.165) is 29.7 Å². The van der Waals surface area contributed by atoms with E-state index in [4.69, 9.17) is 0 Å². The number of aromatic nitrogens is 3. The molecule has 2 fully saturated rings. The fraction of sp³-hybridized carbons (Fsp3) is 0.625. The van der Waals surface area contributed by atoms with Gasteiger partial charge in [0.1, 0.15) is 17.8 Å². The average Bonchev–Trinajstić information content (AvgIpc) is 3.05. The molecule has 2 aromatic rings. The molecule has 4 rings (SSSR count). The van der Waals surface area contributed by atoms with E-state index in [-0.39, 0.29) is 42.3 Å². The number of sulfone groups is 1. The van der Waals surface area contributed by atoms with Crippen molar-refractivity contribution < 1.29 is 16.8 Å². The van der Waals surface area contributed by atoms with Gasteiger partial charge < -0.3 is 9.88 Å². The standard InChI is InChI=1S/C16H23N5O4S2/c1-20(16-14-2-3-17-15(14)18-11-19-16)13-8-12(9-13)10-27(24,25)21-4-6-26(22,23)7-5-21/h2-3,11-13H,4-10H2,1H3,(H,17,18,19). The maximum absolute atomic E-state index is 12.6. The van der Waals surface area contributed by atoms with Crippen molar-refractivity contribution in [1.82, 2.24) is 19.3 Å². The number of H-pyrrole nitrogens is 1. The molecule has 0 amide bonds. The number of nitrogens with zero attached hydrogens (tertiary/aromatic N) is 4. The molecule has 0 unspecified atom stereocenters. The van der Waals surface area contributed by atoms with Crippen LogP contribution in [0.1, 0.15) is 12.8 Å². The van der Waals surface area contributed by atoms with Crippen molar-refractivity contribution >= 4 is 36.7 Å². The largest absolute Gasteiger partial charge is 0.356 e. The van der Waals surface area contributed by atoms with Crippen LogP contribution in [0, 0.1) is 5.92 Å². The molecule has 2 aliphatic rings. The van der Waals surface area contributed by atoms with Gasteiger partial charge in [0.05, 0.1) is 22.6 Å². The fourth-order valence-electron chi connectivity index (χ4n) is 3.84. The number of fused-ring (bicyclic) bond motifs is 1. The van der Waals surface area contributed by atoms with E-state index in [1.165, 1.54) is 10.6 Å². The van der Waals surface area contributed by atoms with Gasteiger partial charge in [-0.2, -0.15) is 4.31 Å². The topological polar surface area (TPSA) is 116 Å². The Labute approximate surface area is 158 Å². The van der Waals surface area contributed by atoms with Crippen LogP contribution in [0.5, 0.6) is 0 Å². The lowest BCUT2D eigenvalue weighted by molar-refractivity contribution is 0.278. The molecule has 0 aromatic carbocycles. The summed E-state index contributed by atoms with van der Waals surface area (Å²) >= 11 is 0. The lowest BCUT2D eigenvalue weighted by atomic mass is 9.81. The third-order valence-electron chi connectivity index (χ3n) is 5.57. The summed E-state index contributed by atoms with van der Waals surface area (Å²) in [6, 6.07) is 2.17. The van der Waals surface area contributed by atoms with Gasteiger partial charge in [-0.1, -0.05) is 0 Å². The van der Waals surface area contributed by atoms with Gasteiger partial charge >= 0.3 is 0 Å². The zero-order valence-corrected chi connectivity index (χ0v) is 16.7. The minimum atomic E-state index is -3.41. The Morgan fingerprint density at radius 1 is 1.26 bits per heavy atom. The zero-order chi connectivity index (χ0) is 19.2. The number of hydrogen-bond acceptors (Lipinski definition) is 7. The summed E-state index contributed by atoms with van der Waals surface area (Å²) in [4.78, 5) is 13.7. The molecular weight excluding hydrogens is 390 g/mol. The summed E-state index contributed by atoms with van der Waals surface area (Å²) in [7, 11) is -4.53. The van der Waals surface area contributed by atoms with E-state index < -0.39 is 19.9 Å². The normalized spacial score (nSPS) is 26.0. The van der Waals surface area contributed by atoms with Crippen molar-refractivity contribution in [2.75, 3.05) is 42.3 Å². The average molecular weight is 414 g/mol. The smallest absolute Gasteiger partial charge is 0.214 e. The Morgan fingerprint density at radius 2 is 1.96 bits per heavy atom. The second-order valence-electron chi connectivity index (χ2n) is 7.37. The van der Waals surface area contributed by atoms with Gasteiger partial charge in [-0.3, -0.25) is 0 Å². The van der Waals surface area contributed by atoms with E-state index >= 15 is 0 Å². The zero-order valence-electron chi connectivity index (χ0n) is 15.1. The lowest BCUT2D eigenvalue weighted by Crippen LogP contribution is -2.49. The van der Waals surface area contributed by atoms with Gasteiger partial charge in [-0.25, -0.2) is 26.8 Å². The van der Waals surface area contributed by atoms with Crippen LogP contribution in [0.25, 0.3) is 11.0 Å². The summed E-state index contributed by atoms with van der Waals surface area (Å²) in [5, 5.41) is 0.950. The van der Waals surface area contributed by atoms with Gasteiger partial charge in [-0.05, 0) is 24.8 Å². The van der Waals surface area contributed by atoms with Crippen LogP contribution in [0.4, 0.5) is 5.82 Å². The van der Waals surface area contributed by atoms with E-state index in [0.29, 0.717) is 0 Å². The van der Waals surface area contributed by atoms with Crippen molar-refractivity contribution in [2.45, 2.75) is 18.9 Å². The predicted octanol–water partition coefficient (Wildman–Crippen LogP) is 0.233. The first-order chi connectivity index (χ1) is 12.8. The van der Waals surface area contributed by atoms with Crippen molar-refractivity contribution in [1.29, 1.82) is 0 Å². The van der Waals surface area contributed by atoms with Crippen LogP contribution >= 0.6 is 0 Å². The number of sulfonamides is 1. The highest BCUT2D eigenvalue weighted by Crippen LogP contribution is 2.36. The summed E-state index contributed by atoms with van der Waals surface area (Å²) < 4.78 is 49.5. The minimum absolute atomic E-state index is 0.0765. The van der Waals surface area contributed by atoms with Crippen LogP contribution in [0.15, 0.2) is 18.6 Å². The third-order valence-corrected chi connectivity index (χ3v) is 9.22. The number of aromatic amines is 1. The second kappa shape index (κ2) is 6.71. The van der Waals surface area contributed by atoms with E-state index in [2.05, 4.69) is 19.9 Å². The number of anilines is 1. The van der Waals surface area contributed by atoms with Crippen LogP contribution in [-0.2, 0) is 19.9 Å². The van der Waals surface area contributed by atoms with Gasteiger partial charge in [0.25, 0.3) is 0 Å². The van der Waals surface area contributed by atoms with E-state index in [9.17, 15) is 16.8 Å². The van der Waals surface area contributed by atoms with Gasteiger partial charge in [0.2, 0.25) is 10.0 Å². The molecule has 3 heterocycles. The molecule has 1 saturated heterocycles. The van der Waals surface area contributed by atoms with Crippen LogP contribution in [0.3, 0.4) is 0 Å². The monoisotopic (exact) mass is 413 g/mol. The first-order valence-corrected chi connectivity index (χ1v) is 12.4. The molecule has 1 N–H and O–H groups in total.